The third-order valence-corrected chi connectivity index (χ3v) is 4.22. The summed E-state index contributed by atoms with van der Waals surface area (Å²) < 4.78 is 5.57. The molecule has 1 nitrogen and oxygen atoms in total. The van der Waals surface area contributed by atoms with Crippen molar-refractivity contribution in [2.75, 3.05) is 0 Å². The Bertz CT molecular complexity index is 256. The van der Waals surface area contributed by atoms with Gasteiger partial charge in [-0.2, -0.15) is 0 Å². The van der Waals surface area contributed by atoms with Gasteiger partial charge in [-0.25, -0.2) is 0 Å². The molecule has 0 heterocycles. The Morgan fingerprint density at radius 2 is 2.23 bits per heavy atom. The second-order valence-electron chi connectivity index (χ2n) is 4.64. The van der Waals surface area contributed by atoms with Crippen molar-refractivity contribution >= 4 is 0 Å². The van der Waals surface area contributed by atoms with Crippen LogP contribution in [0.25, 0.3) is 0 Å². The normalized spacial score (nSPS) is 50.9. The molecule has 0 aromatic carbocycles. The van der Waals surface area contributed by atoms with E-state index in [9.17, 15) is 0 Å². The maximum atomic E-state index is 5.57. The van der Waals surface area contributed by atoms with E-state index in [0.29, 0.717) is 6.10 Å². The Labute approximate surface area is 79.5 Å². The molecule has 0 N–H and O–H groups in total. The quantitative estimate of drug-likeness (QED) is 0.464. The second kappa shape index (κ2) is 2.63. The fraction of sp³-hybridized carbons (Fsp3) is 0.667. The SMILES string of the molecule is C=CO[C@H]1C[C@H]2C[C@@H]1[C@@H]1C=CC[C@H]21. The topological polar surface area (TPSA) is 9.23 Å². The maximum absolute atomic E-state index is 5.57. The van der Waals surface area contributed by atoms with E-state index in [1.54, 1.807) is 6.26 Å². The summed E-state index contributed by atoms with van der Waals surface area (Å²) in [4.78, 5) is 0. The minimum Gasteiger partial charge on any atom is -0.498 e. The first-order chi connectivity index (χ1) is 6.40. The van der Waals surface area contributed by atoms with Crippen LogP contribution < -0.4 is 0 Å². The van der Waals surface area contributed by atoms with Crippen molar-refractivity contribution in [3.63, 3.8) is 0 Å². The zero-order valence-corrected chi connectivity index (χ0v) is 7.86. The van der Waals surface area contributed by atoms with E-state index in [2.05, 4.69) is 18.7 Å². The summed E-state index contributed by atoms with van der Waals surface area (Å²) >= 11 is 0. The third-order valence-electron chi connectivity index (χ3n) is 4.22. The minimum absolute atomic E-state index is 0.478. The Hall–Kier alpha value is -0.720. The van der Waals surface area contributed by atoms with E-state index in [1.807, 2.05) is 0 Å². The number of rotatable bonds is 2. The van der Waals surface area contributed by atoms with Crippen LogP contribution in [-0.2, 0) is 4.74 Å². The van der Waals surface area contributed by atoms with Crippen LogP contribution in [-0.4, -0.2) is 6.10 Å². The van der Waals surface area contributed by atoms with Crippen molar-refractivity contribution in [1.82, 2.24) is 0 Å². The molecule has 3 aliphatic carbocycles. The van der Waals surface area contributed by atoms with Gasteiger partial charge in [0.2, 0.25) is 0 Å². The first-order valence-corrected chi connectivity index (χ1v) is 5.33. The van der Waals surface area contributed by atoms with E-state index >= 15 is 0 Å². The summed E-state index contributed by atoms with van der Waals surface area (Å²) in [5.41, 5.74) is 0. The Morgan fingerprint density at radius 1 is 1.31 bits per heavy atom. The van der Waals surface area contributed by atoms with Gasteiger partial charge >= 0.3 is 0 Å². The predicted octanol–water partition coefficient (Wildman–Crippen LogP) is 2.75. The van der Waals surface area contributed by atoms with Crippen LogP contribution in [0.1, 0.15) is 19.3 Å². The average Bonchev–Trinajstić information content (AvgIpc) is 2.72. The summed E-state index contributed by atoms with van der Waals surface area (Å²) in [6.45, 7) is 3.65. The molecule has 0 unspecified atom stereocenters. The highest BCUT2D eigenvalue weighted by atomic mass is 16.5. The molecule has 0 saturated heterocycles. The molecular weight excluding hydrogens is 160 g/mol. The van der Waals surface area contributed by atoms with Gasteiger partial charge in [-0.15, -0.1) is 0 Å². The highest BCUT2D eigenvalue weighted by Gasteiger charge is 2.53. The molecule has 2 fully saturated rings. The first-order valence-electron chi connectivity index (χ1n) is 5.33. The minimum atomic E-state index is 0.478. The van der Waals surface area contributed by atoms with Gasteiger partial charge < -0.3 is 4.74 Å². The molecule has 13 heavy (non-hydrogen) atoms. The predicted molar refractivity (Wildman–Crippen MR) is 52.0 cm³/mol. The summed E-state index contributed by atoms with van der Waals surface area (Å²) in [5, 5.41) is 0. The molecule has 3 aliphatic rings. The lowest BCUT2D eigenvalue weighted by molar-refractivity contribution is 0.0583. The molecule has 70 valence electrons. The second-order valence-corrected chi connectivity index (χ2v) is 4.64. The van der Waals surface area contributed by atoms with Crippen LogP contribution in [0.2, 0.25) is 0 Å². The number of allylic oxidation sites excluding steroid dienone is 2. The van der Waals surface area contributed by atoms with Gasteiger partial charge in [0, 0.05) is 5.92 Å². The van der Waals surface area contributed by atoms with Crippen molar-refractivity contribution in [2.24, 2.45) is 23.7 Å². The van der Waals surface area contributed by atoms with Crippen LogP contribution in [0.15, 0.2) is 25.0 Å². The van der Waals surface area contributed by atoms with Crippen LogP contribution in [0.4, 0.5) is 0 Å². The van der Waals surface area contributed by atoms with E-state index in [1.165, 1.54) is 19.3 Å². The number of hydrogen-bond donors (Lipinski definition) is 0. The van der Waals surface area contributed by atoms with Gasteiger partial charge in [0.05, 0.1) is 6.26 Å². The van der Waals surface area contributed by atoms with E-state index in [-0.39, 0.29) is 0 Å². The average molecular weight is 176 g/mol. The van der Waals surface area contributed by atoms with Crippen molar-refractivity contribution in [2.45, 2.75) is 25.4 Å². The molecule has 3 rings (SSSR count). The monoisotopic (exact) mass is 176 g/mol. The number of ether oxygens (including phenoxy) is 1. The smallest absolute Gasteiger partial charge is 0.101 e. The van der Waals surface area contributed by atoms with Crippen molar-refractivity contribution in [1.29, 1.82) is 0 Å². The van der Waals surface area contributed by atoms with Gasteiger partial charge in [0.15, 0.2) is 0 Å². The van der Waals surface area contributed by atoms with Crippen LogP contribution in [0, 0.1) is 23.7 Å². The fourth-order valence-electron chi connectivity index (χ4n) is 3.77. The Morgan fingerprint density at radius 3 is 3.08 bits per heavy atom. The lowest BCUT2D eigenvalue weighted by Crippen LogP contribution is -2.29. The van der Waals surface area contributed by atoms with E-state index in [0.717, 1.165) is 23.7 Å². The first kappa shape index (κ1) is 7.66. The number of fused-ring (bicyclic) bond motifs is 5. The molecule has 0 amide bonds. The highest BCUT2D eigenvalue weighted by molar-refractivity contribution is 5.14. The summed E-state index contributed by atoms with van der Waals surface area (Å²) in [6.07, 6.45) is 10.9. The molecule has 0 aromatic rings. The molecule has 5 atom stereocenters. The van der Waals surface area contributed by atoms with E-state index < -0.39 is 0 Å². The van der Waals surface area contributed by atoms with Crippen molar-refractivity contribution in [3.8, 4) is 0 Å². The van der Waals surface area contributed by atoms with Crippen molar-refractivity contribution < 1.29 is 4.74 Å². The van der Waals surface area contributed by atoms with Crippen molar-refractivity contribution in [3.05, 3.63) is 25.0 Å². The molecule has 0 aliphatic heterocycles. The molecule has 1 heteroatoms. The Kier molecular flexibility index (Phi) is 1.55. The van der Waals surface area contributed by atoms with Crippen LogP contribution in [0.3, 0.4) is 0 Å². The fourth-order valence-corrected chi connectivity index (χ4v) is 3.77. The lowest BCUT2D eigenvalue weighted by Gasteiger charge is -2.30. The largest absolute Gasteiger partial charge is 0.498 e. The zero-order chi connectivity index (χ0) is 8.84. The highest BCUT2D eigenvalue weighted by Crippen LogP contribution is 2.57. The molecule has 2 bridgehead atoms. The third kappa shape index (κ3) is 0.932. The molecular formula is C12H16O. The van der Waals surface area contributed by atoms with Crippen LogP contribution >= 0.6 is 0 Å². The molecule has 2 saturated carbocycles. The summed E-state index contributed by atoms with van der Waals surface area (Å²) in [5.74, 6) is 3.54. The standard InChI is InChI=1S/C12H16O/c1-2-13-12-7-8-6-11(12)10-5-3-4-9(8)10/h2-3,5,8-12H,1,4,6-7H2/t8-,9-,10-,11-,12+/m1/s1. The van der Waals surface area contributed by atoms with Gasteiger partial charge in [-0.05, 0) is 37.0 Å². The summed E-state index contributed by atoms with van der Waals surface area (Å²) in [7, 11) is 0. The molecule has 0 aromatic heterocycles. The Balaban J connectivity index is 1.81. The zero-order valence-electron chi connectivity index (χ0n) is 7.86. The number of hydrogen-bond acceptors (Lipinski definition) is 1. The summed E-state index contributed by atoms with van der Waals surface area (Å²) in [6, 6.07) is 0. The molecule has 0 spiro atoms. The van der Waals surface area contributed by atoms with Gasteiger partial charge in [0.25, 0.3) is 0 Å². The maximum Gasteiger partial charge on any atom is 0.101 e. The lowest BCUT2D eigenvalue weighted by atomic mass is 9.80. The van der Waals surface area contributed by atoms with Gasteiger partial charge in [-0.1, -0.05) is 18.7 Å². The molecule has 0 radical (unpaired) electrons. The van der Waals surface area contributed by atoms with Crippen LogP contribution in [0.5, 0.6) is 0 Å². The van der Waals surface area contributed by atoms with E-state index in [4.69, 9.17) is 4.74 Å². The van der Waals surface area contributed by atoms with Gasteiger partial charge in [-0.3, -0.25) is 0 Å². The van der Waals surface area contributed by atoms with Gasteiger partial charge in [0.1, 0.15) is 6.10 Å².